The lowest BCUT2D eigenvalue weighted by Crippen LogP contribution is -2.32. The predicted octanol–water partition coefficient (Wildman–Crippen LogP) is 2.18. The van der Waals surface area contributed by atoms with Crippen LogP contribution in [0, 0.1) is 0 Å². The SMILES string of the molecule is O=C(CNC(=O)c1ccc(Br)o1)Nc1ccc2c(c1)OCCO2. The van der Waals surface area contributed by atoms with Crippen molar-refractivity contribution < 1.29 is 23.5 Å². The molecule has 3 rings (SSSR count). The van der Waals surface area contributed by atoms with Crippen molar-refractivity contribution in [2.45, 2.75) is 0 Å². The van der Waals surface area contributed by atoms with E-state index in [1.807, 2.05) is 0 Å². The number of benzene rings is 1. The van der Waals surface area contributed by atoms with Crippen LogP contribution in [0.5, 0.6) is 11.5 Å². The smallest absolute Gasteiger partial charge is 0.287 e. The van der Waals surface area contributed by atoms with Gasteiger partial charge in [0.25, 0.3) is 5.91 Å². The number of carbonyl (C=O) groups is 2. The number of nitrogens with one attached hydrogen (secondary N) is 2. The first-order valence-corrected chi connectivity index (χ1v) is 7.64. The van der Waals surface area contributed by atoms with Crippen LogP contribution in [0.1, 0.15) is 10.6 Å². The average molecular weight is 381 g/mol. The Balaban J connectivity index is 1.54. The molecule has 1 aromatic carbocycles. The number of anilines is 1. The van der Waals surface area contributed by atoms with Gasteiger partial charge >= 0.3 is 0 Å². The van der Waals surface area contributed by atoms with Crippen LogP contribution in [0.4, 0.5) is 5.69 Å². The van der Waals surface area contributed by atoms with Gasteiger partial charge in [-0.25, -0.2) is 0 Å². The number of fused-ring (bicyclic) bond motifs is 1. The van der Waals surface area contributed by atoms with Crippen molar-refractivity contribution in [1.29, 1.82) is 0 Å². The van der Waals surface area contributed by atoms with Gasteiger partial charge in [0.1, 0.15) is 13.2 Å². The first kappa shape index (κ1) is 15.4. The fraction of sp³-hybridized carbons (Fsp3) is 0.200. The van der Waals surface area contributed by atoms with Crippen molar-refractivity contribution in [1.82, 2.24) is 5.32 Å². The van der Waals surface area contributed by atoms with Gasteiger partial charge in [-0.05, 0) is 40.2 Å². The minimum Gasteiger partial charge on any atom is -0.486 e. The highest BCUT2D eigenvalue weighted by atomic mass is 79.9. The van der Waals surface area contributed by atoms with Crippen molar-refractivity contribution in [2.24, 2.45) is 0 Å². The number of hydrogen-bond donors (Lipinski definition) is 2. The maximum Gasteiger partial charge on any atom is 0.287 e. The van der Waals surface area contributed by atoms with Crippen LogP contribution in [0.2, 0.25) is 0 Å². The Hall–Kier alpha value is -2.48. The van der Waals surface area contributed by atoms with Crippen molar-refractivity contribution in [2.75, 3.05) is 25.1 Å². The van der Waals surface area contributed by atoms with Gasteiger partial charge in [-0.15, -0.1) is 0 Å². The normalized spacial score (nSPS) is 12.6. The molecule has 0 spiro atoms. The monoisotopic (exact) mass is 380 g/mol. The molecule has 0 unspecified atom stereocenters. The predicted molar refractivity (Wildman–Crippen MR) is 84.8 cm³/mol. The first-order chi connectivity index (χ1) is 11.1. The Morgan fingerprint density at radius 3 is 2.61 bits per heavy atom. The summed E-state index contributed by atoms with van der Waals surface area (Å²) < 4.78 is 16.4. The molecule has 2 amide bonds. The van der Waals surface area contributed by atoms with E-state index in [0.29, 0.717) is 35.1 Å². The third-order valence-electron chi connectivity index (χ3n) is 3.03. The highest BCUT2D eigenvalue weighted by Crippen LogP contribution is 2.32. The van der Waals surface area contributed by atoms with Crippen LogP contribution < -0.4 is 20.1 Å². The zero-order chi connectivity index (χ0) is 16.2. The van der Waals surface area contributed by atoms with E-state index in [1.165, 1.54) is 6.07 Å². The summed E-state index contributed by atoms with van der Waals surface area (Å²) in [7, 11) is 0. The largest absolute Gasteiger partial charge is 0.486 e. The van der Waals surface area contributed by atoms with Gasteiger partial charge in [0.05, 0.1) is 6.54 Å². The lowest BCUT2D eigenvalue weighted by atomic mass is 10.2. The lowest BCUT2D eigenvalue weighted by molar-refractivity contribution is -0.115. The van der Waals surface area contributed by atoms with Crippen molar-refractivity contribution in [3.8, 4) is 11.5 Å². The van der Waals surface area contributed by atoms with Gasteiger partial charge in [-0.1, -0.05) is 0 Å². The highest BCUT2D eigenvalue weighted by Gasteiger charge is 2.14. The molecule has 8 heteroatoms. The third-order valence-corrected chi connectivity index (χ3v) is 3.46. The Morgan fingerprint density at radius 1 is 1.09 bits per heavy atom. The maximum atomic E-state index is 11.9. The number of amides is 2. The topological polar surface area (TPSA) is 89.8 Å². The molecule has 1 aliphatic rings. The van der Waals surface area contributed by atoms with E-state index in [-0.39, 0.29) is 18.2 Å². The number of hydrogen-bond acceptors (Lipinski definition) is 5. The quantitative estimate of drug-likeness (QED) is 0.848. The van der Waals surface area contributed by atoms with Crippen molar-refractivity contribution in [3.05, 3.63) is 40.8 Å². The zero-order valence-corrected chi connectivity index (χ0v) is 13.5. The summed E-state index contributed by atoms with van der Waals surface area (Å²) >= 11 is 3.11. The van der Waals surface area contributed by atoms with Crippen LogP contribution in [0.3, 0.4) is 0 Å². The summed E-state index contributed by atoms with van der Waals surface area (Å²) in [5.41, 5.74) is 0.564. The molecule has 1 aromatic heterocycles. The first-order valence-electron chi connectivity index (χ1n) is 6.85. The molecule has 0 radical (unpaired) electrons. The fourth-order valence-electron chi connectivity index (χ4n) is 2.01. The van der Waals surface area contributed by atoms with Crippen LogP contribution >= 0.6 is 15.9 Å². The lowest BCUT2D eigenvalue weighted by Gasteiger charge is -2.19. The second-order valence-electron chi connectivity index (χ2n) is 4.69. The molecule has 0 bridgehead atoms. The van der Waals surface area contributed by atoms with Crippen LogP contribution in [0.25, 0.3) is 0 Å². The molecule has 7 nitrogen and oxygen atoms in total. The summed E-state index contributed by atoms with van der Waals surface area (Å²) in [5, 5.41) is 5.15. The molecule has 1 aliphatic heterocycles. The average Bonchev–Trinajstić information content (AvgIpc) is 2.99. The molecule has 2 N–H and O–H groups in total. The van der Waals surface area contributed by atoms with E-state index < -0.39 is 5.91 Å². The van der Waals surface area contributed by atoms with E-state index in [4.69, 9.17) is 13.9 Å². The molecule has 0 saturated heterocycles. The molecule has 23 heavy (non-hydrogen) atoms. The van der Waals surface area contributed by atoms with Crippen molar-refractivity contribution >= 4 is 33.4 Å². The Morgan fingerprint density at radius 2 is 1.87 bits per heavy atom. The molecule has 0 fully saturated rings. The minimum absolute atomic E-state index is 0.129. The molecule has 2 aromatic rings. The van der Waals surface area contributed by atoms with Gasteiger partial charge in [-0.3, -0.25) is 9.59 Å². The van der Waals surface area contributed by atoms with Gasteiger partial charge in [0, 0.05) is 11.8 Å². The van der Waals surface area contributed by atoms with Gasteiger partial charge < -0.3 is 24.5 Å². The number of rotatable bonds is 4. The van der Waals surface area contributed by atoms with Crippen LogP contribution in [-0.4, -0.2) is 31.6 Å². The Bertz CT molecular complexity index is 743. The molecule has 2 heterocycles. The number of ether oxygens (including phenoxy) is 2. The van der Waals surface area contributed by atoms with Gasteiger partial charge in [0.15, 0.2) is 21.9 Å². The van der Waals surface area contributed by atoms with Crippen molar-refractivity contribution in [3.63, 3.8) is 0 Å². The van der Waals surface area contributed by atoms with E-state index in [0.717, 1.165) is 0 Å². The molecular weight excluding hydrogens is 368 g/mol. The molecule has 0 atom stereocenters. The highest BCUT2D eigenvalue weighted by molar-refractivity contribution is 9.10. The number of furan rings is 1. The molecule has 0 aliphatic carbocycles. The van der Waals surface area contributed by atoms with E-state index in [1.54, 1.807) is 24.3 Å². The second kappa shape index (κ2) is 6.74. The summed E-state index contributed by atoms with van der Waals surface area (Å²) in [6.45, 7) is 0.804. The van der Waals surface area contributed by atoms with Crippen LogP contribution in [-0.2, 0) is 4.79 Å². The number of halogens is 1. The summed E-state index contributed by atoms with van der Waals surface area (Å²) in [6, 6.07) is 8.22. The van der Waals surface area contributed by atoms with Gasteiger partial charge in [-0.2, -0.15) is 0 Å². The van der Waals surface area contributed by atoms with E-state index in [9.17, 15) is 9.59 Å². The molecule has 120 valence electrons. The zero-order valence-electron chi connectivity index (χ0n) is 11.9. The standard InChI is InChI=1S/C15H13BrN2O5/c16-13-4-3-11(23-13)15(20)17-8-14(19)18-9-1-2-10-12(7-9)22-6-5-21-10/h1-4,7H,5-6,8H2,(H,17,20)(H,18,19). The second-order valence-corrected chi connectivity index (χ2v) is 5.47. The van der Waals surface area contributed by atoms with Crippen LogP contribution in [0.15, 0.2) is 39.4 Å². The minimum atomic E-state index is -0.465. The third kappa shape index (κ3) is 3.84. The fourth-order valence-corrected chi connectivity index (χ4v) is 2.32. The number of carbonyl (C=O) groups excluding carboxylic acids is 2. The Labute approximate surface area is 140 Å². The molecular formula is C15H13BrN2O5. The Kier molecular flexibility index (Phi) is 4.52. The summed E-state index contributed by atoms with van der Waals surface area (Å²) in [5.74, 6) is 0.530. The summed E-state index contributed by atoms with van der Waals surface area (Å²) in [6.07, 6.45) is 0. The maximum absolute atomic E-state index is 11.9. The summed E-state index contributed by atoms with van der Waals surface area (Å²) in [4.78, 5) is 23.6. The van der Waals surface area contributed by atoms with E-state index in [2.05, 4.69) is 26.6 Å². The molecule has 0 saturated carbocycles. The van der Waals surface area contributed by atoms with Gasteiger partial charge in [0.2, 0.25) is 5.91 Å². The van der Waals surface area contributed by atoms with E-state index >= 15 is 0 Å².